The number of carbonyl (C=O) groups is 2. The number of benzene rings is 2. The average molecular weight is 563 g/mol. The molecule has 2 aromatic rings. The van der Waals surface area contributed by atoms with Crippen LogP contribution >= 0.6 is 11.6 Å². The third-order valence-electron chi connectivity index (χ3n) is 6.81. The first kappa shape index (κ1) is 32.0. The van der Waals surface area contributed by atoms with Crippen LogP contribution < -0.4 is 31.6 Å². The fourth-order valence-corrected chi connectivity index (χ4v) is 4.68. The lowest BCUT2D eigenvalue weighted by Gasteiger charge is -2.22. The molecule has 6 N–H and O–H groups in total. The minimum Gasteiger partial charge on any atom is -0.496 e. The lowest BCUT2D eigenvalue weighted by atomic mass is 9.93. The van der Waals surface area contributed by atoms with Gasteiger partial charge in [-0.2, -0.15) is 0 Å². The van der Waals surface area contributed by atoms with Crippen molar-refractivity contribution in [3.05, 3.63) is 34.3 Å². The number of nitrogen functional groups attached to an aromatic ring is 2. The summed E-state index contributed by atoms with van der Waals surface area (Å²) in [5.74, 6) is -0.339. The summed E-state index contributed by atoms with van der Waals surface area (Å²) in [4.78, 5) is 31.2. The molecule has 0 radical (unpaired) electrons. The third-order valence-corrected chi connectivity index (χ3v) is 7.21. The second-order valence-corrected chi connectivity index (χ2v) is 9.29. The van der Waals surface area contributed by atoms with Crippen molar-refractivity contribution in [3.63, 3.8) is 0 Å². The number of hydrogen-bond donors (Lipinski definition) is 4. The number of carbonyl (C=O) groups excluding carboxylic acids is 2. The van der Waals surface area contributed by atoms with E-state index in [4.69, 9.17) is 32.5 Å². The number of ether oxygens (including phenoxy) is 2. The van der Waals surface area contributed by atoms with Crippen molar-refractivity contribution >= 4 is 34.8 Å². The molecular weight excluding hydrogens is 520 g/mol. The van der Waals surface area contributed by atoms with E-state index in [2.05, 4.69) is 48.1 Å². The van der Waals surface area contributed by atoms with Crippen molar-refractivity contribution < 1.29 is 19.1 Å². The van der Waals surface area contributed by atoms with E-state index in [0.29, 0.717) is 31.7 Å². The molecule has 216 valence electrons. The molecule has 0 atom stereocenters. The standard InChI is InChI=1S/C28H43ClN6O4/c1-7-34(8-2)15-13-32-27(36)18-11-12-19(30)22(26(18)39-6)24-23(21(38-5)17-20(31)25(24)29)28(37)33-14-16-35(9-3)10-4/h11-12,17H,7-10,13-16,30-31H2,1-6H3,(H,32,36)(H,33,37). The van der Waals surface area contributed by atoms with E-state index in [0.717, 1.165) is 26.2 Å². The number of nitrogens with zero attached hydrogens (tertiary/aromatic N) is 2. The predicted molar refractivity (Wildman–Crippen MR) is 159 cm³/mol. The largest absolute Gasteiger partial charge is 0.496 e. The molecule has 0 fully saturated rings. The van der Waals surface area contributed by atoms with Crippen LogP contribution in [0.2, 0.25) is 5.02 Å². The van der Waals surface area contributed by atoms with Gasteiger partial charge in [-0.05, 0) is 38.3 Å². The van der Waals surface area contributed by atoms with Gasteiger partial charge in [0.25, 0.3) is 11.8 Å². The van der Waals surface area contributed by atoms with Gasteiger partial charge in [-0.15, -0.1) is 0 Å². The molecule has 0 spiro atoms. The summed E-state index contributed by atoms with van der Waals surface area (Å²) in [7, 11) is 2.88. The molecule has 0 aliphatic rings. The fraction of sp³-hybridized carbons (Fsp3) is 0.500. The number of amides is 2. The number of methoxy groups -OCH3 is 2. The Kier molecular flexibility index (Phi) is 12.6. The van der Waals surface area contributed by atoms with Crippen LogP contribution in [0.25, 0.3) is 11.1 Å². The zero-order chi connectivity index (χ0) is 29.1. The molecule has 0 heterocycles. The maximum Gasteiger partial charge on any atom is 0.255 e. The summed E-state index contributed by atoms with van der Waals surface area (Å²) in [6.07, 6.45) is 0. The first-order valence-corrected chi connectivity index (χ1v) is 13.7. The van der Waals surface area contributed by atoms with Crippen LogP contribution in [0, 0.1) is 0 Å². The molecule has 2 rings (SSSR count). The van der Waals surface area contributed by atoms with Crippen LogP contribution in [0.5, 0.6) is 11.5 Å². The van der Waals surface area contributed by atoms with E-state index < -0.39 is 5.91 Å². The lowest BCUT2D eigenvalue weighted by molar-refractivity contribution is 0.0938. The Balaban J connectivity index is 2.60. The summed E-state index contributed by atoms with van der Waals surface area (Å²) in [6, 6.07) is 4.68. The number of hydrogen-bond acceptors (Lipinski definition) is 8. The van der Waals surface area contributed by atoms with E-state index in [9.17, 15) is 9.59 Å². The Bertz CT molecular complexity index is 1140. The highest BCUT2D eigenvalue weighted by molar-refractivity contribution is 6.37. The molecule has 2 aromatic carbocycles. The van der Waals surface area contributed by atoms with Gasteiger partial charge in [0.15, 0.2) is 0 Å². The van der Waals surface area contributed by atoms with Gasteiger partial charge in [-0.25, -0.2) is 0 Å². The smallest absolute Gasteiger partial charge is 0.255 e. The average Bonchev–Trinajstić information content (AvgIpc) is 2.94. The van der Waals surface area contributed by atoms with Crippen molar-refractivity contribution in [2.75, 3.05) is 78.0 Å². The Morgan fingerprint density at radius 2 is 1.36 bits per heavy atom. The molecule has 10 nitrogen and oxygen atoms in total. The van der Waals surface area contributed by atoms with Crippen molar-refractivity contribution in [2.45, 2.75) is 27.7 Å². The van der Waals surface area contributed by atoms with E-state index in [1.807, 2.05) is 0 Å². The van der Waals surface area contributed by atoms with Crippen molar-refractivity contribution in [1.82, 2.24) is 20.4 Å². The molecule has 2 amide bonds. The number of likely N-dealkylation sites (N-methyl/N-ethyl adjacent to an activating group) is 2. The van der Waals surface area contributed by atoms with Gasteiger partial charge in [-0.3, -0.25) is 9.59 Å². The second kappa shape index (κ2) is 15.4. The van der Waals surface area contributed by atoms with Crippen LogP contribution in [0.1, 0.15) is 48.4 Å². The maximum absolute atomic E-state index is 13.6. The van der Waals surface area contributed by atoms with E-state index in [-0.39, 0.29) is 50.5 Å². The zero-order valence-electron chi connectivity index (χ0n) is 23.9. The van der Waals surface area contributed by atoms with Gasteiger partial charge in [-0.1, -0.05) is 39.3 Å². The van der Waals surface area contributed by atoms with Crippen LogP contribution in [0.15, 0.2) is 18.2 Å². The van der Waals surface area contributed by atoms with Crippen molar-refractivity contribution in [3.8, 4) is 22.6 Å². The summed E-state index contributed by atoms with van der Waals surface area (Å²) < 4.78 is 11.3. The SMILES string of the molecule is CCN(CC)CCNC(=O)c1ccc(N)c(-c2c(Cl)c(N)cc(OC)c2C(=O)NCCN(CC)CC)c1OC. The normalized spacial score (nSPS) is 11.1. The molecule has 39 heavy (non-hydrogen) atoms. The van der Waals surface area contributed by atoms with Crippen LogP contribution in [0.3, 0.4) is 0 Å². The van der Waals surface area contributed by atoms with Crippen LogP contribution in [0.4, 0.5) is 11.4 Å². The molecule has 0 unspecified atom stereocenters. The topological polar surface area (TPSA) is 135 Å². The zero-order valence-corrected chi connectivity index (χ0v) is 24.7. The molecule has 0 aromatic heterocycles. The quantitative estimate of drug-likeness (QED) is 0.243. The molecule has 0 saturated carbocycles. The number of nitrogens with one attached hydrogen (secondary N) is 2. The molecule has 0 saturated heterocycles. The number of halogens is 1. The van der Waals surface area contributed by atoms with Crippen LogP contribution in [-0.2, 0) is 0 Å². The highest BCUT2D eigenvalue weighted by Crippen LogP contribution is 2.47. The number of rotatable bonds is 15. The van der Waals surface area contributed by atoms with E-state index in [1.165, 1.54) is 20.3 Å². The lowest BCUT2D eigenvalue weighted by Crippen LogP contribution is -2.35. The van der Waals surface area contributed by atoms with E-state index in [1.54, 1.807) is 12.1 Å². The summed E-state index contributed by atoms with van der Waals surface area (Å²) in [6.45, 7) is 14.0. The summed E-state index contributed by atoms with van der Waals surface area (Å²) in [5, 5.41) is 5.99. The second-order valence-electron chi connectivity index (χ2n) is 8.91. The minimum absolute atomic E-state index is 0.105. The van der Waals surface area contributed by atoms with Gasteiger partial charge in [0.1, 0.15) is 11.5 Å². The van der Waals surface area contributed by atoms with Crippen molar-refractivity contribution in [1.29, 1.82) is 0 Å². The highest BCUT2D eigenvalue weighted by atomic mass is 35.5. The monoisotopic (exact) mass is 562 g/mol. The van der Waals surface area contributed by atoms with Gasteiger partial charge < -0.3 is 41.4 Å². The van der Waals surface area contributed by atoms with Gasteiger partial charge in [0.05, 0.1) is 41.6 Å². The molecular formula is C28H43ClN6O4. The Morgan fingerprint density at radius 3 is 1.85 bits per heavy atom. The molecule has 0 aliphatic carbocycles. The molecule has 0 bridgehead atoms. The number of anilines is 2. The summed E-state index contributed by atoms with van der Waals surface area (Å²) in [5.41, 5.74) is 14.0. The van der Waals surface area contributed by atoms with Gasteiger partial charge in [0.2, 0.25) is 0 Å². The first-order chi connectivity index (χ1) is 18.7. The Morgan fingerprint density at radius 1 is 0.821 bits per heavy atom. The Hall–Kier alpha value is -3.21. The third kappa shape index (κ3) is 7.68. The molecule has 0 aliphatic heterocycles. The van der Waals surface area contributed by atoms with Gasteiger partial charge in [0, 0.05) is 43.5 Å². The van der Waals surface area contributed by atoms with Crippen LogP contribution in [-0.4, -0.2) is 88.2 Å². The minimum atomic E-state index is -0.411. The number of nitrogens with two attached hydrogens (primary N) is 2. The summed E-state index contributed by atoms with van der Waals surface area (Å²) >= 11 is 6.73. The maximum atomic E-state index is 13.6. The van der Waals surface area contributed by atoms with E-state index >= 15 is 0 Å². The first-order valence-electron chi connectivity index (χ1n) is 13.3. The predicted octanol–water partition coefficient (Wildman–Crippen LogP) is 3.33. The van der Waals surface area contributed by atoms with Gasteiger partial charge >= 0.3 is 0 Å². The highest BCUT2D eigenvalue weighted by Gasteiger charge is 2.29. The fourth-order valence-electron chi connectivity index (χ4n) is 4.44. The Labute approximate surface area is 236 Å². The van der Waals surface area contributed by atoms with Crippen molar-refractivity contribution in [2.24, 2.45) is 0 Å². The molecule has 11 heteroatoms.